The summed E-state index contributed by atoms with van der Waals surface area (Å²) in [4.78, 5) is 10.8. The van der Waals surface area contributed by atoms with Crippen LogP contribution in [0.25, 0.3) is 0 Å². The lowest BCUT2D eigenvalue weighted by atomic mass is 10.2. The third-order valence-corrected chi connectivity index (χ3v) is 2.30. The van der Waals surface area contributed by atoms with Gasteiger partial charge in [-0.3, -0.25) is 9.48 Å². The first-order valence-corrected chi connectivity index (χ1v) is 4.95. The summed E-state index contributed by atoms with van der Waals surface area (Å²) in [6.45, 7) is 0.438. The predicted octanol–water partition coefficient (Wildman–Crippen LogP) is 1.81. The normalized spacial score (nSPS) is 10.1. The summed E-state index contributed by atoms with van der Waals surface area (Å²) in [6.07, 6.45) is 2.29. The molecule has 0 aliphatic heterocycles. The Morgan fingerprint density at radius 3 is 2.81 bits per heavy atom. The highest BCUT2D eigenvalue weighted by Gasteiger charge is 2.08. The number of rotatable bonds is 4. The number of hydrogen-bond acceptors (Lipinski definition) is 3. The van der Waals surface area contributed by atoms with Crippen molar-refractivity contribution in [2.75, 3.05) is 0 Å². The summed E-state index contributed by atoms with van der Waals surface area (Å²) in [5.41, 5.74) is 1.51. The van der Waals surface area contributed by atoms with Gasteiger partial charge in [0.1, 0.15) is 12.3 Å². The number of ether oxygens (including phenoxy) is 1. The minimum absolute atomic E-state index is 0.438. The highest BCUT2D eigenvalue weighted by molar-refractivity contribution is 5.76. The van der Waals surface area contributed by atoms with Crippen molar-refractivity contribution in [3.63, 3.8) is 0 Å². The van der Waals surface area contributed by atoms with Crippen LogP contribution in [-0.2, 0) is 13.7 Å². The molecule has 0 radical (unpaired) electrons. The maximum Gasteiger partial charge on any atom is 0.171 e. The summed E-state index contributed by atoms with van der Waals surface area (Å²) in [6, 6.07) is 9.78. The van der Waals surface area contributed by atoms with Crippen LogP contribution < -0.4 is 4.74 Å². The van der Waals surface area contributed by atoms with Crippen LogP contribution in [0.2, 0.25) is 0 Å². The van der Waals surface area contributed by atoms with Crippen molar-refractivity contribution >= 4 is 6.29 Å². The van der Waals surface area contributed by atoms with Gasteiger partial charge in [0.15, 0.2) is 12.0 Å². The van der Waals surface area contributed by atoms with Crippen molar-refractivity contribution in [1.29, 1.82) is 0 Å². The maximum absolute atomic E-state index is 10.8. The Morgan fingerprint density at radius 2 is 2.12 bits per heavy atom. The molecule has 1 aromatic heterocycles. The Bertz CT molecular complexity index is 477. The molecule has 0 unspecified atom stereocenters. The van der Waals surface area contributed by atoms with Crippen LogP contribution in [0.5, 0.6) is 5.75 Å². The second kappa shape index (κ2) is 4.61. The second-order valence-electron chi connectivity index (χ2n) is 3.41. The summed E-state index contributed by atoms with van der Waals surface area (Å²) >= 11 is 0. The maximum atomic E-state index is 10.8. The van der Waals surface area contributed by atoms with Crippen molar-refractivity contribution in [3.05, 3.63) is 47.8 Å². The first-order valence-electron chi connectivity index (χ1n) is 4.95. The fourth-order valence-electron chi connectivity index (χ4n) is 1.41. The monoisotopic (exact) mass is 216 g/mol. The molecule has 0 amide bonds. The highest BCUT2D eigenvalue weighted by Crippen LogP contribution is 2.16. The van der Waals surface area contributed by atoms with E-state index in [1.54, 1.807) is 13.2 Å². The van der Waals surface area contributed by atoms with E-state index >= 15 is 0 Å². The summed E-state index contributed by atoms with van der Waals surface area (Å²) in [7, 11) is 1.71. The van der Waals surface area contributed by atoms with Gasteiger partial charge in [-0.05, 0) is 5.56 Å². The van der Waals surface area contributed by atoms with Gasteiger partial charge in [-0.15, -0.1) is 0 Å². The van der Waals surface area contributed by atoms with Crippen LogP contribution in [0.4, 0.5) is 0 Å². The molecule has 4 nitrogen and oxygen atoms in total. The fourth-order valence-corrected chi connectivity index (χ4v) is 1.41. The van der Waals surface area contributed by atoms with Gasteiger partial charge in [0.25, 0.3) is 0 Å². The van der Waals surface area contributed by atoms with Crippen LogP contribution >= 0.6 is 0 Å². The molecule has 4 heteroatoms. The molecule has 0 atom stereocenters. The van der Waals surface area contributed by atoms with Gasteiger partial charge >= 0.3 is 0 Å². The van der Waals surface area contributed by atoms with Gasteiger partial charge in [0.2, 0.25) is 0 Å². The predicted molar refractivity (Wildman–Crippen MR) is 59.4 cm³/mol. The molecule has 0 saturated heterocycles. The zero-order chi connectivity index (χ0) is 11.4. The van der Waals surface area contributed by atoms with Gasteiger partial charge in [-0.25, -0.2) is 0 Å². The molecule has 0 aliphatic carbocycles. The molecule has 2 rings (SSSR count). The van der Waals surface area contributed by atoms with Gasteiger partial charge in [-0.1, -0.05) is 30.3 Å². The number of nitrogens with zero attached hydrogens (tertiary/aromatic N) is 2. The molecule has 0 aliphatic rings. The quantitative estimate of drug-likeness (QED) is 0.732. The van der Waals surface area contributed by atoms with Gasteiger partial charge in [-0.2, -0.15) is 5.10 Å². The molecule has 0 spiro atoms. The number of hydrogen-bond donors (Lipinski definition) is 0. The van der Waals surface area contributed by atoms with Crippen molar-refractivity contribution in [2.24, 2.45) is 7.05 Å². The standard InChI is InChI=1S/C12H12N2O2/c1-14-11(8-15)12(7-13-14)16-9-10-5-3-2-4-6-10/h2-8H,9H2,1H3. The van der Waals surface area contributed by atoms with Crippen LogP contribution in [-0.4, -0.2) is 16.1 Å². The van der Waals surface area contributed by atoms with Crippen LogP contribution in [0.1, 0.15) is 16.1 Å². The molecule has 16 heavy (non-hydrogen) atoms. The van der Waals surface area contributed by atoms with Crippen LogP contribution in [0, 0.1) is 0 Å². The number of aldehydes is 1. The smallest absolute Gasteiger partial charge is 0.171 e. The Labute approximate surface area is 93.5 Å². The van der Waals surface area contributed by atoms with E-state index in [0.717, 1.165) is 11.8 Å². The Kier molecular flexibility index (Phi) is 3.00. The number of aromatic nitrogens is 2. The average Bonchev–Trinajstić information content (AvgIpc) is 2.68. The van der Waals surface area contributed by atoms with Crippen LogP contribution in [0.3, 0.4) is 0 Å². The number of aryl methyl sites for hydroxylation is 1. The topological polar surface area (TPSA) is 44.1 Å². The number of benzene rings is 1. The second-order valence-corrected chi connectivity index (χ2v) is 3.41. The molecule has 0 N–H and O–H groups in total. The van der Waals surface area contributed by atoms with E-state index < -0.39 is 0 Å². The van der Waals surface area contributed by atoms with E-state index in [4.69, 9.17) is 4.74 Å². The largest absolute Gasteiger partial charge is 0.485 e. The minimum Gasteiger partial charge on any atom is -0.485 e. The summed E-state index contributed by atoms with van der Waals surface area (Å²) in [5.74, 6) is 0.515. The van der Waals surface area contributed by atoms with E-state index in [2.05, 4.69) is 5.10 Å². The van der Waals surface area contributed by atoms with E-state index in [1.165, 1.54) is 4.68 Å². The van der Waals surface area contributed by atoms with E-state index in [9.17, 15) is 4.79 Å². The zero-order valence-electron chi connectivity index (χ0n) is 8.96. The minimum atomic E-state index is 0.438. The van der Waals surface area contributed by atoms with Gasteiger partial charge in [0.05, 0.1) is 6.20 Å². The lowest BCUT2D eigenvalue weighted by molar-refractivity contribution is 0.111. The van der Waals surface area contributed by atoms with Crippen LogP contribution in [0.15, 0.2) is 36.5 Å². The van der Waals surface area contributed by atoms with E-state index in [0.29, 0.717) is 18.1 Å². The molecule has 1 heterocycles. The number of carbonyl (C=O) groups is 1. The fraction of sp³-hybridized carbons (Fsp3) is 0.167. The first kappa shape index (κ1) is 10.4. The zero-order valence-corrected chi connectivity index (χ0v) is 8.96. The lowest BCUT2D eigenvalue weighted by Crippen LogP contribution is -2.00. The molecule has 0 fully saturated rings. The molecule has 0 saturated carbocycles. The van der Waals surface area contributed by atoms with Crippen molar-refractivity contribution < 1.29 is 9.53 Å². The van der Waals surface area contributed by atoms with E-state index in [1.807, 2.05) is 30.3 Å². The molecular formula is C12H12N2O2. The molecule has 82 valence electrons. The Hall–Kier alpha value is -2.10. The molecule has 2 aromatic rings. The Morgan fingerprint density at radius 1 is 1.38 bits per heavy atom. The van der Waals surface area contributed by atoms with Gasteiger partial charge < -0.3 is 4.74 Å². The SMILES string of the molecule is Cn1ncc(OCc2ccccc2)c1C=O. The van der Waals surface area contributed by atoms with E-state index in [-0.39, 0.29) is 0 Å². The molecule has 0 bridgehead atoms. The Balaban J connectivity index is 2.08. The molecular weight excluding hydrogens is 204 g/mol. The number of carbonyl (C=O) groups excluding carboxylic acids is 1. The summed E-state index contributed by atoms with van der Waals surface area (Å²) in [5, 5.41) is 3.96. The van der Waals surface area contributed by atoms with Gasteiger partial charge in [0, 0.05) is 7.05 Å². The van der Waals surface area contributed by atoms with Crippen molar-refractivity contribution in [2.45, 2.75) is 6.61 Å². The average molecular weight is 216 g/mol. The first-order chi connectivity index (χ1) is 7.81. The van der Waals surface area contributed by atoms with Crippen molar-refractivity contribution in [3.8, 4) is 5.75 Å². The van der Waals surface area contributed by atoms with Crippen molar-refractivity contribution in [1.82, 2.24) is 9.78 Å². The lowest BCUT2D eigenvalue weighted by Gasteiger charge is -2.04. The third kappa shape index (κ3) is 2.11. The third-order valence-electron chi connectivity index (χ3n) is 2.30. The highest BCUT2D eigenvalue weighted by atomic mass is 16.5. The molecule has 1 aromatic carbocycles. The summed E-state index contributed by atoms with van der Waals surface area (Å²) < 4.78 is 7.01.